The molecule has 0 bridgehead atoms. The molecular weight excluding hydrogens is 298 g/mol. The monoisotopic (exact) mass is 309 g/mol. The number of aromatic nitrogens is 3. The molecule has 0 spiro atoms. The Hall–Kier alpha value is -1.53. The Morgan fingerprint density at radius 3 is 2.94 bits per heavy atom. The van der Waals surface area contributed by atoms with Crippen LogP contribution in [0, 0.1) is 6.92 Å². The van der Waals surface area contributed by atoms with E-state index in [0.29, 0.717) is 21.7 Å². The molecule has 18 heavy (non-hydrogen) atoms. The number of methoxy groups -OCH3 is 1. The summed E-state index contributed by atoms with van der Waals surface area (Å²) in [6.07, 6.45) is 1.68. The van der Waals surface area contributed by atoms with E-state index in [1.165, 1.54) is 0 Å². The standard InChI is InChI=1S/C12H12BrN3O2/c1-7-3-4-14-8(5-7)11-15-9(6-18-2)10(13)12(17)16-11/h3-5H,6H2,1-2H3,(H,15,16,17). The second kappa shape index (κ2) is 5.41. The molecule has 2 rings (SSSR count). The smallest absolute Gasteiger partial charge is 0.265 e. The normalized spacial score (nSPS) is 10.6. The quantitative estimate of drug-likeness (QED) is 0.942. The minimum absolute atomic E-state index is 0.240. The van der Waals surface area contributed by atoms with E-state index in [9.17, 15) is 4.79 Å². The van der Waals surface area contributed by atoms with E-state index < -0.39 is 0 Å². The van der Waals surface area contributed by atoms with Crippen molar-refractivity contribution in [3.63, 3.8) is 0 Å². The summed E-state index contributed by atoms with van der Waals surface area (Å²) in [4.78, 5) is 23.0. The number of halogens is 1. The zero-order chi connectivity index (χ0) is 13.1. The van der Waals surface area contributed by atoms with Gasteiger partial charge in [0.25, 0.3) is 5.56 Å². The summed E-state index contributed by atoms with van der Waals surface area (Å²) in [6, 6.07) is 3.75. The number of rotatable bonds is 3. The second-order valence-corrected chi connectivity index (χ2v) is 4.62. The number of nitrogens with zero attached hydrogens (tertiary/aromatic N) is 2. The van der Waals surface area contributed by atoms with E-state index in [2.05, 4.69) is 30.9 Å². The number of nitrogens with one attached hydrogen (secondary N) is 1. The first kappa shape index (κ1) is 12.9. The van der Waals surface area contributed by atoms with Gasteiger partial charge in [-0.3, -0.25) is 9.78 Å². The maximum atomic E-state index is 11.8. The Bertz CT molecular complexity index is 625. The van der Waals surface area contributed by atoms with E-state index in [1.54, 1.807) is 13.3 Å². The summed E-state index contributed by atoms with van der Waals surface area (Å²) in [6.45, 7) is 2.22. The van der Waals surface area contributed by atoms with Gasteiger partial charge < -0.3 is 9.72 Å². The Labute approximate surface area is 112 Å². The lowest BCUT2D eigenvalue weighted by Crippen LogP contribution is -2.14. The van der Waals surface area contributed by atoms with Crippen LogP contribution in [0.25, 0.3) is 11.5 Å². The number of pyridine rings is 1. The van der Waals surface area contributed by atoms with Crippen LogP contribution in [0.15, 0.2) is 27.6 Å². The molecule has 0 radical (unpaired) electrons. The first-order valence-corrected chi connectivity index (χ1v) is 6.11. The molecule has 0 amide bonds. The van der Waals surface area contributed by atoms with Crippen LogP contribution < -0.4 is 5.56 Å². The summed E-state index contributed by atoms with van der Waals surface area (Å²) in [5.41, 5.74) is 2.01. The fraction of sp³-hybridized carbons (Fsp3) is 0.250. The molecule has 0 saturated heterocycles. The van der Waals surface area contributed by atoms with Crippen LogP contribution in [0.5, 0.6) is 0 Å². The number of H-pyrrole nitrogens is 1. The molecule has 1 N–H and O–H groups in total. The predicted octanol–water partition coefficient (Wildman–Crippen LogP) is 2.05. The van der Waals surface area contributed by atoms with E-state index in [-0.39, 0.29) is 12.2 Å². The molecule has 0 atom stereocenters. The summed E-state index contributed by atoms with van der Waals surface area (Å²) in [7, 11) is 1.56. The fourth-order valence-electron chi connectivity index (χ4n) is 1.52. The highest BCUT2D eigenvalue weighted by atomic mass is 79.9. The van der Waals surface area contributed by atoms with Gasteiger partial charge in [-0.25, -0.2) is 4.98 Å². The van der Waals surface area contributed by atoms with Gasteiger partial charge in [0.05, 0.1) is 12.3 Å². The molecule has 5 nitrogen and oxygen atoms in total. The molecule has 2 heterocycles. The molecule has 0 unspecified atom stereocenters. The SMILES string of the molecule is COCc1nc(-c2cc(C)ccn2)[nH]c(=O)c1Br. The van der Waals surface area contributed by atoms with Crippen LogP contribution >= 0.6 is 15.9 Å². The van der Waals surface area contributed by atoms with Crippen molar-refractivity contribution in [2.45, 2.75) is 13.5 Å². The third kappa shape index (κ3) is 2.65. The first-order valence-electron chi connectivity index (χ1n) is 5.32. The minimum atomic E-state index is -0.240. The van der Waals surface area contributed by atoms with E-state index >= 15 is 0 Å². The number of aryl methyl sites for hydroxylation is 1. The van der Waals surface area contributed by atoms with E-state index in [1.807, 2.05) is 19.1 Å². The van der Waals surface area contributed by atoms with Crippen molar-refractivity contribution in [2.24, 2.45) is 0 Å². The van der Waals surface area contributed by atoms with Gasteiger partial charge in [-0.15, -0.1) is 0 Å². The molecule has 6 heteroatoms. The van der Waals surface area contributed by atoms with Gasteiger partial charge in [-0.2, -0.15) is 0 Å². The van der Waals surface area contributed by atoms with Crippen LogP contribution in [0.3, 0.4) is 0 Å². The van der Waals surface area contributed by atoms with Crippen molar-refractivity contribution in [1.29, 1.82) is 0 Å². The van der Waals surface area contributed by atoms with Gasteiger partial charge in [0.15, 0.2) is 5.82 Å². The van der Waals surface area contributed by atoms with Crippen LogP contribution in [0.1, 0.15) is 11.3 Å². The van der Waals surface area contributed by atoms with Crippen molar-refractivity contribution in [1.82, 2.24) is 15.0 Å². The lowest BCUT2D eigenvalue weighted by atomic mass is 10.2. The molecule has 94 valence electrons. The summed E-state index contributed by atoms with van der Waals surface area (Å²) in [5, 5.41) is 0. The minimum Gasteiger partial charge on any atom is -0.378 e. The largest absolute Gasteiger partial charge is 0.378 e. The lowest BCUT2D eigenvalue weighted by Gasteiger charge is -2.06. The molecule has 2 aromatic rings. The maximum Gasteiger partial charge on any atom is 0.265 e. The van der Waals surface area contributed by atoms with Crippen molar-refractivity contribution in [2.75, 3.05) is 7.11 Å². The zero-order valence-electron chi connectivity index (χ0n) is 10.0. The van der Waals surface area contributed by atoms with E-state index in [0.717, 1.165) is 5.56 Å². The molecule has 0 fully saturated rings. The van der Waals surface area contributed by atoms with Gasteiger partial charge in [0, 0.05) is 13.3 Å². The maximum absolute atomic E-state index is 11.8. The Morgan fingerprint density at radius 2 is 2.28 bits per heavy atom. The number of aromatic amines is 1. The van der Waals surface area contributed by atoms with Crippen LogP contribution in [-0.4, -0.2) is 22.1 Å². The number of ether oxygens (including phenoxy) is 1. The Kier molecular flexibility index (Phi) is 3.88. The van der Waals surface area contributed by atoms with Crippen LogP contribution in [0.4, 0.5) is 0 Å². The highest BCUT2D eigenvalue weighted by molar-refractivity contribution is 9.10. The summed E-state index contributed by atoms with van der Waals surface area (Å²) in [5.74, 6) is 0.443. The Balaban J connectivity index is 2.55. The molecule has 0 aliphatic heterocycles. The molecule has 0 aliphatic carbocycles. The van der Waals surface area contributed by atoms with Crippen molar-refractivity contribution < 1.29 is 4.74 Å². The average Bonchev–Trinajstić information content (AvgIpc) is 2.35. The van der Waals surface area contributed by atoms with Crippen LogP contribution in [-0.2, 0) is 11.3 Å². The van der Waals surface area contributed by atoms with Gasteiger partial charge in [0.1, 0.15) is 10.2 Å². The van der Waals surface area contributed by atoms with E-state index in [4.69, 9.17) is 4.74 Å². The van der Waals surface area contributed by atoms with Gasteiger partial charge in [0.2, 0.25) is 0 Å². The van der Waals surface area contributed by atoms with Crippen LogP contribution in [0.2, 0.25) is 0 Å². The number of hydrogen-bond donors (Lipinski definition) is 1. The third-order valence-electron chi connectivity index (χ3n) is 2.37. The summed E-state index contributed by atoms with van der Waals surface area (Å²) >= 11 is 3.20. The van der Waals surface area contributed by atoms with Gasteiger partial charge in [-0.05, 0) is 40.5 Å². The first-order chi connectivity index (χ1) is 8.61. The number of hydrogen-bond acceptors (Lipinski definition) is 4. The lowest BCUT2D eigenvalue weighted by molar-refractivity contribution is 0.180. The molecular formula is C12H12BrN3O2. The van der Waals surface area contributed by atoms with Gasteiger partial charge >= 0.3 is 0 Å². The van der Waals surface area contributed by atoms with Crippen molar-refractivity contribution in [3.8, 4) is 11.5 Å². The fourth-order valence-corrected chi connectivity index (χ4v) is 1.83. The zero-order valence-corrected chi connectivity index (χ0v) is 11.6. The molecule has 0 aromatic carbocycles. The molecule has 0 saturated carbocycles. The highest BCUT2D eigenvalue weighted by Gasteiger charge is 2.10. The molecule has 0 aliphatic rings. The highest BCUT2D eigenvalue weighted by Crippen LogP contribution is 2.16. The molecule has 2 aromatic heterocycles. The van der Waals surface area contributed by atoms with Crippen molar-refractivity contribution in [3.05, 3.63) is 44.4 Å². The third-order valence-corrected chi connectivity index (χ3v) is 3.19. The Morgan fingerprint density at radius 1 is 1.50 bits per heavy atom. The average molecular weight is 310 g/mol. The second-order valence-electron chi connectivity index (χ2n) is 3.83. The topological polar surface area (TPSA) is 67.9 Å². The predicted molar refractivity (Wildman–Crippen MR) is 71.2 cm³/mol. The van der Waals surface area contributed by atoms with Gasteiger partial charge in [-0.1, -0.05) is 0 Å². The summed E-state index contributed by atoms with van der Waals surface area (Å²) < 4.78 is 5.40. The van der Waals surface area contributed by atoms with Crippen molar-refractivity contribution >= 4 is 15.9 Å².